The van der Waals surface area contributed by atoms with E-state index in [0.29, 0.717) is 12.4 Å². The zero-order valence-corrected chi connectivity index (χ0v) is 11.2. The van der Waals surface area contributed by atoms with E-state index in [-0.39, 0.29) is 0 Å². The van der Waals surface area contributed by atoms with Gasteiger partial charge in [-0.05, 0) is 30.2 Å². The molecule has 0 saturated carbocycles. The Hall–Kier alpha value is -2.55. The van der Waals surface area contributed by atoms with E-state index in [0.717, 1.165) is 17.2 Å². The number of para-hydroxylation sites is 1. The van der Waals surface area contributed by atoms with Gasteiger partial charge in [-0.15, -0.1) is 0 Å². The molecule has 0 heterocycles. The fourth-order valence-corrected chi connectivity index (χ4v) is 1.84. The second-order valence-corrected chi connectivity index (χ2v) is 4.42. The van der Waals surface area contributed by atoms with E-state index in [1.165, 1.54) is 11.6 Å². The molecule has 0 atom stereocenters. The van der Waals surface area contributed by atoms with Crippen LogP contribution in [0.5, 0.6) is 5.75 Å². The van der Waals surface area contributed by atoms with Crippen LogP contribution in [0.1, 0.15) is 16.7 Å². The average molecular weight is 268 g/mol. The van der Waals surface area contributed by atoms with Crippen molar-refractivity contribution < 1.29 is 14.6 Å². The second kappa shape index (κ2) is 6.57. The molecule has 102 valence electrons. The molecule has 3 nitrogen and oxygen atoms in total. The molecule has 0 radical (unpaired) electrons. The normalized spacial score (nSPS) is 10.7. The largest absolute Gasteiger partial charge is 0.488 e. The summed E-state index contributed by atoms with van der Waals surface area (Å²) >= 11 is 0. The number of carboxylic acids is 1. The summed E-state index contributed by atoms with van der Waals surface area (Å²) in [5.41, 5.74) is 3.04. The maximum absolute atomic E-state index is 10.6. The third kappa shape index (κ3) is 3.72. The first-order valence-corrected chi connectivity index (χ1v) is 6.34. The van der Waals surface area contributed by atoms with Crippen LogP contribution in [0.25, 0.3) is 6.08 Å². The monoisotopic (exact) mass is 268 g/mol. The first kappa shape index (κ1) is 13.9. The zero-order valence-electron chi connectivity index (χ0n) is 11.2. The Labute approximate surface area is 118 Å². The van der Waals surface area contributed by atoms with E-state index >= 15 is 0 Å². The maximum atomic E-state index is 10.6. The Morgan fingerprint density at radius 1 is 1.15 bits per heavy atom. The molecule has 20 heavy (non-hydrogen) atoms. The minimum Gasteiger partial charge on any atom is -0.488 e. The highest BCUT2D eigenvalue weighted by Crippen LogP contribution is 2.21. The average Bonchev–Trinajstić information content (AvgIpc) is 2.45. The van der Waals surface area contributed by atoms with Crippen LogP contribution in [0.2, 0.25) is 0 Å². The van der Waals surface area contributed by atoms with Crippen LogP contribution >= 0.6 is 0 Å². The van der Waals surface area contributed by atoms with E-state index in [9.17, 15) is 4.79 Å². The van der Waals surface area contributed by atoms with Gasteiger partial charge in [-0.25, -0.2) is 4.79 Å². The third-order valence-corrected chi connectivity index (χ3v) is 2.97. The highest BCUT2D eigenvalue weighted by molar-refractivity contribution is 5.85. The Morgan fingerprint density at radius 2 is 1.85 bits per heavy atom. The van der Waals surface area contributed by atoms with Gasteiger partial charge < -0.3 is 9.84 Å². The Kier molecular flexibility index (Phi) is 4.56. The Morgan fingerprint density at radius 3 is 2.60 bits per heavy atom. The molecule has 0 fully saturated rings. The summed E-state index contributed by atoms with van der Waals surface area (Å²) < 4.78 is 5.79. The number of rotatable bonds is 5. The number of carbonyl (C=O) groups is 1. The Bertz CT molecular complexity index is 630. The lowest BCUT2D eigenvalue weighted by molar-refractivity contribution is -0.131. The van der Waals surface area contributed by atoms with Crippen LogP contribution in [0.15, 0.2) is 54.6 Å². The SMILES string of the molecule is Cc1ccccc1COc1ccccc1C=CC(=O)O. The summed E-state index contributed by atoms with van der Waals surface area (Å²) in [6.45, 7) is 2.50. The van der Waals surface area contributed by atoms with Crippen LogP contribution in [-0.4, -0.2) is 11.1 Å². The summed E-state index contributed by atoms with van der Waals surface area (Å²) in [6, 6.07) is 15.4. The van der Waals surface area contributed by atoms with Gasteiger partial charge >= 0.3 is 5.97 Å². The van der Waals surface area contributed by atoms with Crippen molar-refractivity contribution in [3.63, 3.8) is 0 Å². The number of hydrogen-bond acceptors (Lipinski definition) is 2. The van der Waals surface area contributed by atoms with Crippen molar-refractivity contribution in [1.82, 2.24) is 0 Å². The molecule has 0 aromatic heterocycles. The van der Waals surface area contributed by atoms with Crippen LogP contribution in [0, 0.1) is 6.92 Å². The molecular formula is C17H16O3. The number of hydrogen-bond donors (Lipinski definition) is 1. The summed E-state index contributed by atoms with van der Waals surface area (Å²) in [5, 5.41) is 8.68. The molecule has 2 aromatic rings. The smallest absolute Gasteiger partial charge is 0.328 e. The predicted molar refractivity (Wildman–Crippen MR) is 78.6 cm³/mol. The van der Waals surface area contributed by atoms with Gasteiger partial charge in [0.25, 0.3) is 0 Å². The molecule has 1 N–H and O–H groups in total. The minimum absolute atomic E-state index is 0.463. The molecule has 0 saturated heterocycles. The van der Waals surface area contributed by atoms with Gasteiger partial charge in [-0.2, -0.15) is 0 Å². The summed E-state index contributed by atoms with van der Waals surface area (Å²) in [7, 11) is 0. The van der Waals surface area contributed by atoms with E-state index in [4.69, 9.17) is 9.84 Å². The molecule has 0 spiro atoms. The Balaban J connectivity index is 2.14. The van der Waals surface area contributed by atoms with Crippen molar-refractivity contribution in [2.24, 2.45) is 0 Å². The van der Waals surface area contributed by atoms with Gasteiger partial charge in [0.1, 0.15) is 12.4 Å². The van der Waals surface area contributed by atoms with Gasteiger partial charge in [-0.1, -0.05) is 42.5 Å². The molecule has 2 rings (SSSR count). The topological polar surface area (TPSA) is 46.5 Å². The molecule has 2 aromatic carbocycles. The molecule has 0 aliphatic rings. The van der Waals surface area contributed by atoms with Gasteiger partial charge in [0.05, 0.1) is 0 Å². The third-order valence-electron chi connectivity index (χ3n) is 2.97. The standard InChI is InChI=1S/C17H16O3/c1-13-6-2-3-8-15(13)12-20-16-9-5-4-7-14(16)10-11-17(18)19/h2-11H,12H2,1H3,(H,18,19). The van der Waals surface area contributed by atoms with Crippen LogP contribution in [-0.2, 0) is 11.4 Å². The van der Waals surface area contributed by atoms with Crippen molar-refractivity contribution >= 4 is 12.0 Å². The minimum atomic E-state index is -0.973. The molecule has 0 aliphatic carbocycles. The molecule has 0 amide bonds. The fraction of sp³-hybridized carbons (Fsp3) is 0.118. The number of ether oxygens (including phenoxy) is 1. The zero-order chi connectivity index (χ0) is 14.4. The van der Waals surface area contributed by atoms with Crippen molar-refractivity contribution in [2.45, 2.75) is 13.5 Å². The number of aryl methyl sites for hydroxylation is 1. The second-order valence-electron chi connectivity index (χ2n) is 4.42. The number of aliphatic carboxylic acids is 1. The molecule has 3 heteroatoms. The lowest BCUT2D eigenvalue weighted by Crippen LogP contribution is -1.99. The van der Waals surface area contributed by atoms with Crippen molar-refractivity contribution in [2.75, 3.05) is 0 Å². The first-order chi connectivity index (χ1) is 9.66. The highest BCUT2D eigenvalue weighted by atomic mass is 16.5. The molecule has 0 aliphatic heterocycles. The van der Waals surface area contributed by atoms with Gasteiger partial charge in [0.2, 0.25) is 0 Å². The van der Waals surface area contributed by atoms with Crippen molar-refractivity contribution in [3.8, 4) is 5.75 Å². The van der Waals surface area contributed by atoms with Gasteiger partial charge in [-0.3, -0.25) is 0 Å². The highest BCUT2D eigenvalue weighted by Gasteiger charge is 2.02. The van der Waals surface area contributed by atoms with Crippen molar-refractivity contribution in [3.05, 3.63) is 71.3 Å². The van der Waals surface area contributed by atoms with E-state index in [1.807, 2.05) is 55.5 Å². The van der Waals surface area contributed by atoms with Crippen LogP contribution in [0.4, 0.5) is 0 Å². The van der Waals surface area contributed by atoms with Crippen molar-refractivity contribution in [1.29, 1.82) is 0 Å². The van der Waals surface area contributed by atoms with E-state index < -0.39 is 5.97 Å². The van der Waals surface area contributed by atoms with Gasteiger partial charge in [0.15, 0.2) is 0 Å². The van der Waals surface area contributed by atoms with Gasteiger partial charge in [0, 0.05) is 11.6 Å². The quantitative estimate of drug-likeness (QED) is 0.841. The summed E-state index contributed by atoms with van der Waals surface area (Å²) in [6.07, 6.45) is 2.64. The molecule has 0 bridgehead atoms. The maximum Gasteiger partial charge on any atom is 0.328 e. The van der Waals surface area contributed by atoms with E-state index in [2.05, 4.69) is 0 Å². The predicted octanol–water partition coefficient (Wildman–Crippen LogP) is 3.67. The number of carboxylic acid groups (broad SMARTS) is 1. The summed E-state index contributed by atoms with van der Waals surface area (Å²) in [5.74, 6) is -0.299. The van der Waals surface area contributed by atoms with Crippen LogP contribution in [0.3, 0.4) is 0 Å². The summed E-state index contributed by atoms with van der Waals surface area (Å²) in [4.78, 5) is 10.6. The molecular weight excluding hydrogens is 252 g/mol. The van der Waals surface area contributed by atoms with Crippen LogP contribution < -0.4 is 4.74 Å². The number of benzene rings is 2. The van der Waals surface area contributed by atoms with E-state index in [1.54, 1.807) is 0 Å². The lowest BCUT2D eigenvalue weighted by Gasteiger charge is -2.10. The lowest BCUT2D eigenvalue weighted by atomic mass is 10.1. The molecule has 0 unspecified atom stereocenters. The fourth-order valence-electron chi connectivity index (χ4n) is 1.84. The first-order valence-electron chi connectivity index (χ1n) is 6.34.